The van der Waals surface area contributed by atoms with E-state index in [1.165, 1.54) is 0 Å². The van der Waals surface area contributed by atoms with Gasteiger partial charge in [0.25, 0.3) is 0 Å². The van der Waals surface area contributed by atoms with Crippen molar-refractivity contribution in [1.82, 2.24) is 5.32 Å². The van der Waals surface area contributed by atoms with Crippen molar-refractivity contribution >= 4 is 5.91 Å². The number of hydrogen-bond acceptors (Lipinski definition) is 4. The maximum Gasteiger partial charge on any atom is 0.224 e. The second-order valence-corrected chi connectivity index (χ2v) is 3.67. The fourth-order valence-corrected chi connectivity index (χ4v) is 1.29. The summed E-state index contributed by atoms with van der Waals surface area (Å²) >= 11 is 0. The topological polar surface area (TPSA) is 78.8 Å². The molecule has 1 aromatic rings. The maximum absolute atomic E-state index is 11.5. The molecule has 0 saturated carbocycles. The molecule has 0 aromatic heterocycles. The van der Waals surface area contributed by atoms with Crippen LogP contribution in [0.4, 0.5) is 0 Å². The van der Waals surface area contributed by atoms with Crippen molar-refractivity contribution < 1.29 is 19.7 Å². The molecule has 5 nitrogen and oxygen atoms in total. The molecule has 0 bridgehead atoms. The first-order valence-electron chi connectivity index (χ1n) is 5.34. The first-order valence-corrected chi connectivity index (χ1v) is 5.34. The highest BCUT2D eigenvalue weighted by Gasteiger charge is 2.06. The largest absolute Gasteiger partial charge is 0.497 e. The maximum atomic E-state index is 11.5. The van der Waals surface area contributed by atoms with E-state index in [4.69, 9.17) is 14.9 Å². The van der Waals surface area contributed by atoms with Crippen LogP contribution in [0, 0.1) is 0 Å². The molecule has 0 radical (unpaired) electrons. The molecule has 0 spiro atoms. The molecule has 0 saturated heterocycles. The van der Waals surface area contributed by atoms with E-state index in [9.17, 15) is 4.79 Å². The van der Waals surface area contributed by atoms with Crippen LogP contribution in [0.2, 0.25) is 0 Å². The smallest absolute Gasteiger partial charge is 0.224 e. The average Bonchev–Trinajstić information content (AvgIpc) is 2.36. The van der Waals surface area contributed by atoms with E-state index in [0.717, 1.165) is 11.3 Å². The highest BCUT2D eigenvalue weighted by Crippen LogP contribution is 2.11. The minimum atomic E-state index is -0.908. The quantitative estimate of drug-likeness (QED) is 0.637. The zero-order valence-corrected chi connectivity index (χ0v) is 9.72. The average molecular weight is 239 g/mol. The number of methoxy groups -OCH3 is 1. The number of aliphatic hydroxyl groups excluding tert-OH is 2. The number of rotatable bonds is 6. The molecule has 5 heteroatoms. The Hall–Kier alpha value is -1.59. The van der Waals surface area contributed by atoms with Crippen molar-refractivity contribution in [3.63, 3.8) is 0 Å². The van der Waals surface area contributed by atoms with Gasteiger partial charge in [-0.25, -0.2) is 0 Å². The lowest BCUT2D eigenvalue weighted by Crippen LogP contribution is -2.34. The van der Waals surface area contributed by atoms with Crippen LogP contribution < -0.4 is 10.1 Å². The lowest BCUT2D eigenvalue weighted by molar-refractivity contribution is -0.121. The van der Waals surface area contributed by atoms with E-state index in [1.54, 1.807) is 31.4 Å². The van der Waals surface area contributed by atoms with E-state index in [2.05, 4.69) is 5.32 Å². The van der Waals surface area contributed by atoms with Crippen LogP contribution in [0.25, 0.3) is 0 Å². The molecule has 3 N–H and O–H groups in total. The third-order valence-corrected chi connectivity index (χ3v) is 2.27. The third-order valence-electron chi connectivity index (χ3n) is 2.27. The minimum absolute atomic E-state index is 0.0610. The molecule has 1 amide bonds. The second kappa shape index (κ2) is 6.88. The SMILES string of the molecule is COc1ccc(CC(=O)NCC(O)CO)cc1. The number of aliphatic hydroxyl groups is 2. The van der Waals surface area contributed by atoms with E-state index in [1.807, 2.05) is 0 Å². The van der Waals surface area contributed by atoms with Gasteiger partial charge in [0.15, 0.2) is 0 Å². The molecule has 1 aromatic carbocycles. The first-order chi connectivity index (χ1) is 8.15. The fraction of sp³-hybridized carbons (Fsp3) is 0.417. The van der Waals surface area contributed by atoms with Gasteiger partial charge >= 0.3 is 0 Å². The predicted molar refractivity (Wildman–Crippen MR) is 62.8 cm³/mol. The van der Waals surface area contributed by atoms with Crippen LogP contribution in [-0.2, 0) is 11.2 Å². The summed E-state index contributed by atoms with van der Waals surface area (Å²) < 4.78 is 5.01. The van der Waals surface area contributed by atoms with Gasteiger partial charge in [0.2, 0.25) is 5.91 Å². The number of amides is 1. The fourth-order valence-electron chi connectivity index (χ4n) is 1.29. The first kappa shape index (κ1) is 13.5. The zero-order chi connectivity index (χ0) is 12.7. The molecule has 0 aliphatic heterocycles. The van der Waals surface area contributed by atoms with E-state index < -0.39 is 6.10 Å². The monoisotopic (exact) mass is 239 g/mol. The summed E-state index contributed by atoms with van der Waals surface area (Å²) in [6.07, 6.45) is -0.669. The molecule has 0 heterocycles. The minimum Gasteiger partial charge on any atom is -0.497 e. The molecule has 17 heavy (non-hydrogen) atoms. The molecule has 0 aliphatic rings. The summed E-state index contributed by atoms with van der Waals surface area (Å²) in [7, 11) is 1.58. The molecule has 1 rings (SSSR count). The van der Waals surface area contributed by atoms with Crippen molar-refractivity contribution in [2.24, 2.45) is 0 Å². The summed E-state index contributed by atoms with van der Waals surface area (Å²) in [5.74, 6) is 0.549. The predicted octanol–water partition coefficient (Wildman–Crippen LogP) is -0.293. The number of carbonyl (C=O) groups excluding carboxylic acids is 1. The third kappa shape index (κ3) is 4.84. The Morgan fingerprint density at radius 2 is 2.06 bits per heavy atom. The number of carbonyl (C=O) groups is 1. The van der Waals surface area contributed by atoms with Crippen molar-refractivity contribution in [2.75, 3.05) is 20.3 Å². The van der Waals surface area contributed by atoms with E-state index >= 15 is 0 Å². The number of nitrogens with one attached hydrogen (secondary N) is 1. The number of benzene rings is 1. The Morgan fingerprint density at radius 1 is 1.41 bits per heavy atom. The van der Waals surface area contributed by atoms with Crippen molar-refractivity contribution in [1.29, 1.82) is 0 Å². The summed E-state index contributed by atoms with van der Waals surface area (Å²) in [5, 5.41) is 20.2. The summed E-state index contributed by atoms with van der Waals surface area (Å²) in [6, 6.07) is 7.18. The molecule has 1 atom stereocenters. The molecule has 0 fully saturated rings. The van der Waals surface area contributed by atoms with Gasteiger partial charge in [0.05, 0.1) is 26.2 Å². The summed E-state index contributed by atoms with van der Waals surface area (Å²) in [5.41, 5.74) is 0.863. The Bertz CT molecular complexity index is 350. The van der Waals surface area contributed by atoms with Crippen LogP contribution in [0.1, 0.15) is 5.56 Å². The molecular weight excluding hydrogens is 222 g/mol. The van der Waals surface area contributed by atoms with Crippen molar-refractivity contribution in [3.05, 3.63) is 29.8 Å². The van der Waals surface area contributed by atoms with Gasteiger partial charge in [-0.3, -0.25) is 4.79 Å². The summed E-state index contributed by atoms with van der Waals surface area (Å²) in [6.45, 7) is -0.297. The zero-order valence-electron chi connectivity index (χ0n) is 9.72. The van der Waals surface area contributed by atoms with Crippen molar-refractivity contribution in [3.8, 4) is 5.75 Å². The standard InChI is InChI=1S/C12H17NO4/c1-17-11-4-2-9(3-5-11)6-12(16)13-7-10(15)8-14/h2-5,10,14-15H,6-8H2,1H3,(H,13,16). The Morgan fingerprint density at radius 3 is 2.59 bits per heavy atom. The molecule has 0 aliphatic carbocycles. The van der Waals surface area contributed by atoms with E-state index in [0.29, 0.717) is 0 Å². The van der Waals surface area contributed by atoms with Gasteiger partial charge in [-0.05, 0) is 17.7 Å². The van der Waals surface area contributed by atoms with Crippen LogP contribution >= 0.6 is 0 Å². The number of ether oxygens (including phenoxy) is 1. The normalized spacial score (nSPS) is 11.9. The van der Waals surface area contributed by atoms with Gasteiger partial charge < -0.3 is 20.3 Å². The van der Waals surface area contributed by atoms with Gasteiger partial charge in [-0.1, -0.05) is 12.1 Å². The molecule has 94 valence electrons. The van der Waals surface area contributed by atoms with Gasteiger partial charge in [0.1, 0.15) is 5.75 Å². The molecule has 1 unspecified atom stereocenters. The van der Waals surface area contributed by atoms with Crippen LogP contribution in [0.15, 0.2) is 24.3 Å². The lowest BCUT2D eigenvalue weighted by atomic mass is 10.1. The highest BCUT2D eigenvalue weighted by molar-refractivity contribution is 5.78. The van der Waals surface area contributed by atoms with Crippen LogP contribution in [0.5, 0.6) is 5.75 Å². The Kier molecular flexibility index (Phi) is 5.45. The highest BCUT2D eigenvalue weighted by atomic mass is 16.5. The Balaban J connectivity index is 2.39. The second-order valence-electron chi connectivity index (χ2n) is 3.67. The van der Waals surface area contributed by atoms with Crippen LogP contribution in [0.3, 0.4) is 0 Å². The van der Waals surface area contributed by atoms with Gasteiger partial charge in [-0.2, -0.15) is 0 Å². The summed E-state index contributed by atoms with van der Waals surface area (Å²) in [4.78, 5) is 11.5. The lowest BCUT2D eigenvalue weighted by Gasteiger charge is -2.09. The van der Waals surface area contributed by atoms with Gasteiger partial charge in [0, 0.05) is 6.54 Å². The number of hydrogen-bond donors (Lipinski definition) is 3. The molecular formula is C12H17NO4. The van der Waals surface area contributed by atoms with E-state index in [-0.39, 0.29) is 25.5 Å². The Labute approximate surface area is 100 Å². The van der Waals surface area contributed by atoms with Crippen LogP contribution in [-0.4, -0.2) is 42.5 Å². The van der Waals surface area contributed by atoms with Gasteiger partial charge in [-0.15, -0.1) is 0 Å². The van der Waals surface area contributed by atoms with Crippen molar-refractivity contribution in [2.45, 2.75) is 12.5 Å².